The molecule has 0 radical (unpaired) electrons. The largest absolute Gasteiger partial charge is 0.460 e. The van der Waals surface area contributed by atoms with Gasteiger partial charge >= 0.3 is 23.9 Å². The molecule has 0 aromatic heterocycles. The van der Waals surface area contributed by atoms with Crippen molar-refractivity contribution >= 4 is 22.6 Å². The van der Waals surface area contributed by atoms with Crippen LogP contribution in [0.2, 0.25) is 0 Å². The van der Waals surface area contributed by atoms with Crippen LogP contribution < -0.4 is 0 Å². The van der Waals surface area contributed by atoms with E-state index >= 15 is 0 Å². The van der Waals surface area contributed by atoms with Crippen molar-refractivity contribution in [2.75, 3.05) is 13.2 Å². The maximum atomic E-state index is 13.1. The van der Waals surface area contributed by atoms with E-state index in [1.54, 1.807) is 0 Å². The summed E-state index contributed by atoms with van der Waals surface area (Å²) in [5.41, 5.74) is 0. The van der Waals surface area contributed by atoms with Crippen LogP contribution in [-0.4, -0.2) is 41.1 Å². The summed E-state index contributed by atoms with van der Waals surface area (Å²) in [6, 6.07) is 0. The van der Waals surface area contributed by atoms with Crippen LogP contribution >= 0.6 is 22.6 Å². The van der Waals surface area contributed by atoms with E-state index in [1.807, 2.05) is 0 Å². The van der Waals surface area contributed by atoms with Crippen LogP contribution in [-0.2, 0) is 4.74 Å². The second-order valence-corrected chi connectivity index (χ2v) is 5.57. The fraction of sp³-hybridized carbons (Fsp3) is 1.00. The minimum absolute atomic E-state index is 0.0557. The molecule has 20 heavy (non-hydrogen) atoms. The van der Waals surface area contributed by atoms with Gasteiger partial charge in [0, 0.05) is 17.0 Å². The Labute approximate surface area is 122 Å². The quantitative estimate of drug-likeness (QED) is 0.323. The highest BCUT2D eigenvalue weighted by molar-refractivity contribution is 14.1. The third kappa shape index (κ3) is 4.04. The molecule has 0 heterocycles. The monoisotopic (exact) mass is 432 g/mol. The summed E-state index contributed by atoms with van der Waals surface area (Å²) in [7, 11) is 0. The molecule has 0 aliphatic carbocycles. The third-order valence-electron chi connectivity index (χ3n) is 2.19. The van der Waals surface area contributed by atoms with E-state index in [0.29, 0.717) is 0 Å². The fourth-order valence-electron chi connectivity index (χ4n) is 1.12. The first-order valence-electron chi connectivity index (χ1n) is 5.12. The third-order valence-corrected chi connectivity index (χ3v) is 2.99. The van der Waals surface area contributed by atoms with Crippen molar-refractivity contribution in [1.29, 1.82) is 0 Å². The normalized spacial score (nSPS) is 16.4. The zero-order valence-corrected chi connectivity index (χ0v) is 12.0. The number of halogens is 10. The summed E-state index contributed by atoms with van der Waals surface area (Å²) in [4.78, 5) is 0. The van der Waals surface area contributed by atoms with Gasteiger partial charge in [0.25, 0.3) is 0 Å². The van der Waals surface area contributed by atoms with Gasteiger partial charge in [0.1, 0.15) is 0 Å². The SMILES string of the molecule is CCOCC(I)CC(F)(F)C(F)(F)C(F)(F)C(F)(F)F. The molecule has 0 fully saturated rings. The van der Waals surface area contributed by atoms with Crippen LogP contribution in [0.15, 0.2) is 0 Å². The number of ether oxygens (including phenoxy) is 1. The molecule has 0 spiro atoms. The molecule has 11 heteroatoms. The van der Waals surface area contributed by atoms with E-state index < -0.39 is 40.9 Å². The van der Waals surface area contributed by atoms with Crippen LogP contribution in [0.3, 0.4) is 0 Å². The highest BCUT2D eigenvalue weighted by Crippen LogP contribution is 2.54. The van der Waals surface area contributed by atoms with Crippen molar-refractivity contribution in [1.82, 2.24) is 0 Å². The van der Waals surface area contributed by atoms with Crippen LogP contribution in [0.25, 0.3) is 0 Å². The predicted molar refractivity (Wildman–Crippen MR) is 59.8 cm³/mol. The van der Waals surface area contributed by atoms with Crippen molar-refractivity contribution < 1.29 is 44.3 Å². The zero-order valence-electron chi connectivity index (χ0n) is 9.89. The van der Waals surface area contributed by atoms with Crippen molar-refractivity contribution in [2.24, 2.45) is 0 Å². The molecule has 0 saturated carbocycles. The van der Waals surface area contributed by atoms with E-state index in [9.17, 15) is 39.5 Å². The summed E-state index contributed by atoms with van der Waals surface area (Å²) in [6.07, 6.45) is -8.65. The van der Waals surface area contributed by atoms with Gasteiger partial charge in [0.2, 0.25) is 0 Å². The molecule has 0 aliphatic heterocycles. The lowest BCUT2D eigenvalue weighted by Crippen LogP contribution is -2.61. The summed E-state index contributed by atoms with van der Waals surface area (Å²) in [6.45, 7) is 1.05. The Hall–Kier alpha value is 0.0600. The molecule has 0 aromatic carbocycles. The first-order chi connectivity index (χ1) is 8.70. The lowest BCUT2D eigenvalue weighted by Gasteiger charge is -2.34. The Kier molecular flexibility index (Phi) is 6.46. The van der Waals surface area contributed by atoms with Crippen molar-refractivity contribution in [2.45, 2.75) is 41.2 Å². The highest BCUT2D eigenvalue weighted by Gasteiger charge is 2.81. The van der Waals surface area contributed by atoms with Gasteiger partial charge in [-0.25, -0.2) is 0 Å². The Bertz CT molecular complexity index is 315. The van der Waals surface area contributed by atoms with Crippen LogP contribution in [0.5, 0.6) is 0 Å². The van der Waals surface area contributed by atoms with Crippen LogP contribution in [0, 0.1) is 0 Å². The van der Waals surface area contributed by atoms with Gasteiger partial charge < -0.3 is 4.74 Å². The molecule has 0 N–H and O–H groups in total. The molecule has 0 aromatic rings. The molecule has 1 nitrogen and oxygen atoms in total. The number of hydrogen-bond acceptors (Lipinski definition) is 1. The lowest BCUT2D eigenvalue weighted by atomic mass is 10.00. The standard InChI is InChI=1S/C9H10F9IO/c1-2-20-4-5(19)3-6(10,11)7(12,13)8(14,15)9(16,17)18/h5H,2-4H2,1H3. The Morgan fingerprint density at radius 2 is 1.35 bits per heavy atom. The van der Waals surface area contributed by atoms with E-state index in [4.69, 9.17) is 0 Å². The Morgan fingerprint density at radius 1 is 0.900 bits per heavy atom. The molecule has 0 bridgehead atoms. The topological polar surface area (TPSA) is 9.23 Å². The molecule has 0 saturated heterocycles. The van der Waals surface area contributed by atoms with Gasteiger partial charge in [0.15, 0.2) is 0 Å². The molecule has 0 aliphatic rings. The molecular formula is C9H10F9IO. The first-order valence-corrected chi connectivity index (χ1v) is 6.37. The summed E-state index contributed by atoms with van der Waals surface area (Å²) in [5, 5.41) is 0. The van der Waals surface area contributed by atoms with E-state index in [-0.39, 0.29) is 6.61 Å². The molecule has 1 unspecified atom stereocenters. The number of alkyl halides is 10. The maximum Gasteiger partial charge on any atom is 0.460 e. The Morgan fingerprint density at radius 3 is 1.70 bits per heavy atom. The molecule has 0 rings (SSSR count). The average Bonchev–Trinajstić information content (AvgIpc) is 2.23. The summed E-state index contributed by atoms with van der Waals surface area (Å²) in [5.74, 6) is -18.9. The van der Waals surface area contributed by atoms with Gasteiger partial charge in [-0.05, 0) is 6.92 Å². The lowest BCUT2D eigenvalue weighted by molar-refractivity contribution is -0.396. The smallest absolute Gasteiger partial charge is 0.381 e. The highest BCUT2D eigenvalue weighted by atomic mass is 127. The summed E-state index contributed by atoms with van der Waals surface area (Å²) >= 11 is 1.21. The zero-order chi connectivity index (χ0) is 16.4. The first kappa shape index (κ1) is 20.1. The van der Waals surface area contributed by atoms with Crippen molar-refractivity contribution in [3.05, 3.63) is 0 Å². The Balaban J connectivity index is 5.16. The van der Waals surface area contributed by atoms with E-state index in [0.717, 1.165) is 0 Å². The second-order valence-electron chi connectivity index (χ2n) is 3.81. The second kappa shape index (κ2) is 6.44. The van der Waals surface area contributed by atoms with Gasteiger partial charge in [-0.2, -0.15) is 39.5 Å². The maximum absolute atomic E-state index is 13.1. The van der Waals surface area contributed by atoms with Gasteiger partial charge in [-0.3, -0.25) is 0 Å². The molecule has 0 amide bonds. The van der Waals surface area contributed by atoms with Crippen LogP contribution in [0.1, 0.15) is 13.3 Å². The predicted octanol–water partition coefficient (Wildman–Crippen LogP) is 4.68. The summed E-state index contributed by atoms with van der Waals surface area (Å²) < 4.78 is 116. The number of hydrogen-bond donors (Lipinski definition) is 0. The molecular weight excluding hydrogens is 422 g/mol. The van der Waals surface area contributed by atoms with Crippen molar-refractivity contribution in [3.8, 4) is 0 Å². The van der Waals surface area contributed by atoms with Crippen LogP contribution in [0.4, 0.5) is 39.5 Å². The minimum Gasteiger partial charge on any atom is -0.381 e. The average molecular weight is 432 g/mol. The van der Waals surface area contributed by atoms with Gasteiger partial charge in [-0.15, -0.1) is 0 Å². The molecule has 1 atom stereocenters. The fourth-order valence-corrected chi connectivity index (χ4v) is 1.93. The van der Waals surface area contributed by atoms with E-state index in [1.165, 1.54) is 29.5 Å². The molecule has 122 valence electrons. The van der Waals surface area contributed by atoms with E-state index in [2.05, 4.69) is 4.74 Å². The number of rotatable bonds is 7. The van der Waals surface area contributed by atoms with Gasteiger partial charge in [0.05, 0.1) is 6.61 Å². The minimum atomic E-state index is -6.83. The van der Waals surface area contributed by atoms with Crippen molar-refractivity contribution in [3.63, 3.8) is 0 Å². The van der Waals surface area contributed by atoms with Gasteiger partial charge in [-0.1, -0.05) is 22.6 Å².